The first kappa shape index (κ1) is 25.7. The Morgan fingerprint density at radius 2 is 1.85 bits per heavy atom. The topological polar surface area (TPSA) is 106 Å². The van der Waals surface area contributed by atoms with Gasteiger partial charge in [-0.1, -0.05) is 24.3 Å². The van der Waals surface area contributed by atoms with Gasteiger partial charge in [-0.2, -0.15) is 8.42 Å². The number of aromatic nitrogens is 1. The monoisotopic (exact) mass is 504 g/mol. The molecule has 0 spiro atoms. The molecule has 8 nitrogen and oxygen atoms in total. The number of aryl methyl sites for hydroxylation is 1. The second-order valence-corrected chi connectivity index (χ2v) is 11.4. The highest BCUT2D eigenvalue weighted by Crippen LogP contribution is 2.26. The van der Waals surface area contributed by atoms with Gasteiger partial charge in [-0.25, -0.2) is 9.78 Å². The number of rotatable bonds is 7. The molecule has 2 aromatic carbocycles. The number of aliphatic hydroxyl groups is 1. The average Bonchev–Trinajstić information content (AvgIpc) is 3.19. The molecule has 182 valence electrons. The van der Waals surface area contributed by atoms with Crippen molar-refractivity contribution in [2.24, 2.45) is 0 Å². The molecule has 34 heavy (non-hydrogen) atoms. The molecule has 3 aromatic rings. The van der Waals surface area contributed by atoms with Crippen LogP contribution < -0.4 is 4.18 Å². The normalized spacial score (nSPS) is 12.8. The maximum absolute atomic E-state index is 12.8. The number of likely N-dealkylation sites (N-methyl/N-ethyl adjacent to an activating group) is 1. The zero-order valence-corrected chi connectivity index (χ0v) is 21.3. The maximum Gasteiger partial charge on any atom is 0.410 e. The Morgan fingerprint density at radius 1 is 1.18 bits per heavy atom. The minimum atomic E-state index is -4.07. The summed E-state index contributed by atoms with van der Waals surface area (Å²) in [5, 5.41) is 13.2. The van der Waals surface area contributed by atoms with E-state index >= 15 is 0 Å². The van der Waals surface area contributed by atoms with E-state index in [4.69, 9.17) is 8.92 Å². The van der Waals surface area contributed by atoms with Crippen molar-refractivity contribution in [3.8, 4) is 17.0 Å². The molecular formula is C24H28N2O6S2. The summed E-state index contributed by atoms with van der Waals surface area (Å²) in [7, 11) is -2.54. The zero-order valence-electron chi connectivity index (χ0n) is 19.7. The Hall–Kier alpha value is -2.95. The lowest BCUT2D eigenvalue weighted by Gasteiger charge is -2.26. The number of amides is 1. The van der Waals surface area contributed by atoms with Crippen LogP contribution in [0.4, 0.5) is 4.79 Å². The molecule has 0 radical (unpaired) electrons. The lowest BCUT2D eigenvalue weighted by Crippen LogP contribution is -2.36. The fraction of sp³-hybridized carbons (Fsp3) is 0.333. The molecule has 0 saturated heterocycles. The number of aliphatic hydroxyl groups excluding tert-OH is 1. The van der Waals surface area contributed by atoms with Crippen LogP contribution in [0.2, 0.25) is 0 Å². The molecule has 0 fully saturated rings. The van der Waals surface area contributed by atoms with E-state index in [9.17, 15) is 18.3 Å². The first-order chi connectivity index (χ1) is 15.8. The van der Waals surface area contributed by atoms with Crippen LogP contribution in [0.3, 0.4) is 0 Å². The summed E-state index contributed by atoms with van der Waals surface area (Å²) in [5.74, 6) is 0.103. The van der Waals surface area contributed by atoms with Crippen LogP contribution in [-0.4, -0.2) is 48.7 Å². The van der Waals surface area contributed by atoms with E-state index in [2.05, 4.69) is 4.98 Å². The van der Waals surface area contributed by atoms with Gasteiger partial charge in [0.2, 0.25) is 0 Å². The Morgan fingerprint density at radius 3 is 2.44 bits per heavy atom. The van der Waals surface area contributed by atoms with E-state index in [1.165, 1.54) is 47.5 Å². The maximum atomic E-state index is 12.8. The SMILES string of the molecule is Cc1nc(-c2cccc(S(=O)(=O)Oc3ccc(C(O)CN(C)C(=O)OC(C)(C)C)cc3)c2)cs1. The molecule has 0 aliphatic heterocycles. The molecule has 0 aliphatic rings. The standard InChI is InChI=1S/C24H28N2O6S2/c1-16-25-21(15-33-16)18-7-6-8-20(13-18)34(29,30)32-19-11-9-17(10-12-19)22(27)14-26(5)23(28)31-24(2,3)4/h6-13,15,22,27H,14H2,1-5H3. The molecule has 1 unspecified atom stereocenters. The highest BCUT2D eigenvalue weighted by Gasteiger charge is 2.22. The van der Waals surface area contributed by atoms with Crippen molar-refractivity contribution in [3.05, 3.63) is 64.5 Å². The third kappa shape index (κ3) is 6.78. The Balaban J connectivity index is 1.67. The predicted octanol–water partition coefficient (Wildman–Crippen LogP) is 4.79. The number of carbonyl (C=O) groups excluding carboxylic acids is 1. The molecule has 0 saturated carbocycles. The van der Waals surface area contributed by atoms with Gasteiger partial charge >= 0.3 is 16.2 Å². The van der Waals surface area contributed by atoms with Crippen molar-refractivity contribution in [1.82, 2.24) is 9.88 Å². The molecule has 0 bridgehead atoms. The van der Waals surface area contributed by atoms with Crippen molar-refractivity contribution in [2.45, 2.75) is 44.3 Å². The summed E-state index contributed by atoms with van der Waals surface area (Å²) in [6.45, 7) is 7.18. The van der Waals surface area contributed by atoms with Crippen LogP contribution in [0.15, 0.2) is 58.8 Å². The molecule has 0 aliphatic carbocycles. The van der Waals surface area contributed by atoms with Crippen LogP contribution in [0.5, 0.6) is 5.75 Å². The van der Waals surface area contributed by atoms with Crippen LogP contribution in [0, 0.1) is 6.92 Å². The second kappa shape index (κ2) is 10.1. The van der Waals surface area contributed by atoms with E-state index in [1.807, 2.05) is 12.3 Å². The smallest absolute Gasteiger partial charge is 0.410 e. The van der Waals surface area contributed by atoms with Gasteiger partial charge in [0.05, 0.1) is 23.4 Å². The van der Waals surface area contributed by atoms with Crippen LogP contribution in [0.1, 0.15) is 37.4 Å². The summed E-state index contributed by atoms with van der Waals surface area (Å²) < 4.78 is 36.1. The van der Waals surface area contributed by atoms with Crippen molar-refractivity contribution in [2.75, 3.05) is 13.6 Å². The molecule has 1 heterocycles. The molecule has 1 atom stereocenters. The van der Waals surface area contributed by atoms with E-state index in [0.29, 0.717) is 16.8 Å². The Labute approximate surface area is 203 Å². The highest BCUT2D eigenvalue weighted by molar-refractivity contribution is 7.87. The summed E-state index contributed by atoms with van der Waals surface area (Å²) in [6, 6.07) is 12.4. The molecule has 10 heteroatoms. The Bertz CT molecular complexity index is 1250. The number of nitrogens with zero attached hydrogens (tertiary/aromatic N) is 2. The van der Waals surface area contributed by atoms with Crippen molar-refractivity contribution < 1.29 is 27.2 Å². The van der Waals surface area contributed by atoms with Gasteiger partial charge in [-0.05, 0) is 57.5 Å². The van der Waals surface area contributed by atoms with Crippen LogP contribution in [-0.2, 0) is 14.9 Å². The van der Waals surface area contributed by atoms with Gasteiger partial charge in [-0.15, -0.1) is 11.3 Å². The average molecular weight is 505 g/mol. The minimum Gasteiger partial charge on any atom is -0.444 e. The molecule has 1 amide bonds. The summed E-state index contributed by atoms with van der Waals surface area (Å²) in [5.41, 5.74) is 1.25. The second-order valence-electron chi connectivity index (χ2n) is 8.76. The van der Waals surface area contributed by atoms with E-state index < -0.39 is 27.9 Å². The Kier molecular flexibility index (Phi) is 7.64. The number of hydrogen-bond donors (Lipinski definition) is 1. The molecule has 3 rings (SSSR count). The fourth-order valence-electron chi connectivity index (χ4n) is 3.01. The number of thiazole rings is 1. The summed E-state index contributed by atoms with van der Waals surface area (Å²) >= 11 is 1.49. The largest absolute Gasteiger partial charge is 0.444 e. The van der Waals surface area contributed by atoms with Gasteiger partial charge in [0.1, 0.15) is 16.2 Å². The predicted molar refractivity (Wildman–Crippen MR) is 130 cm³/mol. The first-order valence-corrected chi connectivity index (χ1v) is 12.8. The van der Waals surface area contributed by atoms with Gasteiger partial charge in [0, 0.05) is 18.0 Å². The number of ether oxygens (including phenoxy) is 1. The molecular weight excluding hydrogens is 476 g/mol. The van der Waals surface area contributed by atoms with Crippen molar-refractivity contribution in [1.29, 1.82) is 0 Å². The fourth-order valence-corrected chi connectivity index (χ4v) is 4.61. The van der Waals surface area contributed by atoms with Gasteiger partial charge in [0.25, 0.3) is 0 Å². The first-order valence-electron chi connectivity index (χ1n) is 10.5. The number of hydrogen-bond acceptors (Lipinski definition) is 8. The quantitative estimate of drug-likeness (QED) is 0.461. The van der Waals surface area contributed by atoms with Crippen LogP contribution in [0.25, 0.3) is 11.3 Å². The van der Waals surface area contributed by atoms with Crippen LogP contribution >= 0.6 is 11.3 Å². The lowest BCUT2D eigenvalue weighted by molar-refractivity contribution is 0.0205. The lowest BCUT2D eigenvalue weighted by atomic mass is 10.1. The van der Waals surface area contributed by atoms with Crippen molar-refractivity contribution >= 4 is 27.5 Å². The van der Waals surface area contributed by atoms with E-state index in [0.717, 1.165) is 5.01 Å². The summed E-state index contributed by atoms with van der Waals surface area (Å²) in [4.78, 5) is 17.8. The van der Waals surface area contributed by atoms with Gasteiger partial charge in [-0.3, -0.25) is 0 Å². The molecule has 1 N–H and O–H groups in total. The zero-order chi connectivity index (χ0) is 25.1. The number of carbonyl (C=O) groups is 1. The highest BCUT2D eigenvalue weighted by atomic mass is 32.2. The van der Waals surface area contributed by atoms with Gasteiger partial charge < -0.3 is 18.9 Å². The van der Waals surface area contributed by atoms with Crippen molar-refractivity contribution in [3.63, 3.8) is 0 Å². The molecule has 1 aromatic heterocycles. The third-order valence-corrected chi connectivity index (χ3v) is 6.68. The minimum absolute atomic E-state index is 0.0102. The van der Waals surface area contributed by atoms with E-state index in [-0.39, 0.29) is 17.2 Å². The summed E-state index contributed by atoms with van der Waals surface area (Å²) in [6.07, 6.45) is -1.53. The third-order valence-electron chi connectivity index (χ3n) is 4.66. The van der Waals surface area contributed by atoms with E-state index in [1.54, 1.807) is 45.0 Å². The number of benzene rings is 2. The van der Waals surface area contributed by atoms with Gasteiger partial charge in [0.15, 0.2) is 0 Å².